The SMILES string of the molecule is C[C@@H](CSC[C@]12CC[C@H](C[C@H]1O)C2(C)C)C(=O)OCc1ccccc1. The van der Waals surface area contributed by atoms with Crippen molar-refractivity contribution in [3.05, 3.63) is 35.9 Å². The molecule has 0 aliphatic heterocycles. The summed E-state index contributed by atoms with van der Waals surface area (Å²) >= 11 is 1.80. The largest absolute Gasteiger partial charge is 0.461 e. The molecular formula is C21H30O3S. The first-order chi connectivity index (χ1) is 11.9. The quantitative estimate of drug-likeness (QED) is 0.735. The Kier molecular flexibility index (Phi) is 5.50. The number of thioether (sulfide) groups is 1. The molecule has 4 heteroatoms. The number of fused-ring (bicyclic) bond motifs is 2. The van der Waals surface area contributed by atoms with E-state index in [4.69, 9.17) is 4.74 Å². The first kappa shape index (κ1) is 18.8. The molecule has 2 bridgehead atoms. The van der Waals surface area contributed by atoms with E-state index in [9.17, 15) is 9.90 Å². The van der Waals surface area contributed by atoms with Gasteiger partial charge in [-0.3, -0.25) is 4.79 Å². The molecule has 2 aliphatic carbocycles. The van der Waals surface area contributed by atoms with Crippen LogP contribution in [-0.4, -0.2) is 28.7 Å². The number of carbonyl (C=O) groups excluding carboxylic acids is 1. The number of hydrogen-bond donors (Lipinski definition) is 1. The van der Waals surface area contributed by atoms with Gasteiger partial charge >= 0.3 is 5.97 Å². The number of hydrogen-bond acceptors (Lipinski definition) is 4. The number of aliphatic hydroxyl groups excluding tert-OH is 1. The molecule has 25 heavy (non-hydrogen) atoms. The lowest BCUT2D eigenvalue weighted by molar-refractivity contribution is -0.148. The maximum atomic E-state index is 12.2. The summed E-state index contributed by atoms with van der Waals surface area (Å²) in [6, 6.07) is 9.78. The molecule has 0 unspecified atom stereocenters. The van der Waals surface area contributed by atoms with Crippen LogP contribution in [0.4, 0.5) is 0 Å². The van der Waals surface area contributed by atoms with Crippen molar-refractivity contribution >= 4 is 17.7 Å². The third kappa shape index (κ3) is 3.48. The van der Waals surface area contributed by atoms with E-state index in [-0.39, 0.29) is 28.8 Å². The first-order valence-corrected chi connectivity index (χ1v) is 10.5. The van der Waals surface area contributed by atoms with E-state index in [1.54, 1.807) is 11.8 Å². The van der Waals surface area contributed by atoms with Crippen molar-refractivity contribution in [2.24, 2.45) is 22.7 Å². The summed E-state index contributed by atoms with van der Waals surface area (Å²) < 4.78 is 5.43. The van der Waals surface area contributed by atoms with Crippen LogP contribution in [-0.2, 0) is 16.1 Å². The van der Waals surface area contributed by atoms with E-state index in [2.05, 4.69) is 13.8 Å². The molecule has 2 saturated carbocycles. The van der Waals surface area contributed by atoms with Crippen molar-refractivity contribution in [2.45, 2.75) is 52.7 Å². The topological polar surface area (TPSA) is 46.5 Å². The van der Waals surface area contributed by atoms with Gasteiger partial charge in [0.2, 0.25) is 0 Å². The Morgan fingerprint density at radius 2 is 2.08 bits per heavy atom. The fraction of sp³-hybridized carbons (Fsp3) is 0.667. The summed E-state index contributed by atoms with van der Waals surface area (Å²) in [7, 11) is 0. The van der Waals surface area contributed by atoms with Gasteiger partial charge in [0, 0.05) is 16.9 Å². The van der Waals surface area contributed by atoms with Crippen molar-refractivity contribution in [3.8, 4) is 0 Å². The second-order valence-corrected chi connectivity index (χ2v) is 9.40. The number of rotatable bonds is 7. The van der Waals surface area contributed by atoms with Crippen LogP contribution in [0.2, 0.25) is 0 Å². The summed E-state index contributed by atoms with van der Waals surface area (Å²) in [5.41, 5.74) is 1.24. The van der Waals surface area contributed by atoms with Crippen LogP contribution in [0.5, 0.6) is 0 Å². The summed E-state index contributed by atoms with van der Waals surface area (Å²) in [6.45, 7) is 6.91. The normalized spacial score (nSPS) is 31.0. The van der Waals surface area contributed by atoms with Crippen molar-refractivity contribution in [1.29, 1.82) is 0 Å². The van der Waals surface area contributed by atoms with Crippen LogP contribution in [0.3, 0.4) is 0 Å². The van der Waals surface area contributed by atoms with Crippen LogP contribution >= 0.6 is 11.8 Å². The summed E-state index contributed by atoms with van der Waals surface area (Å²) in [5, 5.41) is 10.6. The van der Waals surface area contributed by atoms with E-state index in [0.29, 0.717) is 12.5 Å². The predicted molar refractivity (Wildman–Crippen MR) is 102 cm³/mol. The molecule has 3 rings (SSSR count). The average Bonchev–Trinajstić information content (AvgIpc) is 2.95. The van der Waals surface area contributed by atoms with Gasteiger partial charge in [-0.1, -0.05) is 51.1 Å². The van der Waals surface area contributed by atoms with Gasteiger partial charge in [-0.05, 0) is 36.2 Å². The highest BCUT2D eigenvalue weighted by Gasteiger charge is 2.63. The second kappa shape index (κ2) is 7.32. The Hall–Kier alpha value is -1.00. The van der Waals surface area contributed by atoms with E-state index < -0.39 is 0 Å². The maximum absolute atomic E-state index is 12.2. The fourth-order valence-electron chi connectivity index (χ4n) is 4.74. The third-order valence-corrected chi connectivity index (χ3v) is 8.20. The molecule has 0 radical (unpaired) electrons. The van der Waals surface area contributed by atoms with Crippen LogP contribution in [0.1, 0.15) is 45.6 Å². The lowest BCUT2D eigenvalue weighted by atomic mass is 9.70. The highest BCUT2D eigenvalue weighted by molar-refractivity contribution is 7.99. The molecule has 1 aromatic rings. The minimum atomic E-state index is -0.186. The summed E-state index contributed by atoms with van der Waals surface area (Å²) in [4.78, 5) is 12.2. The van der Waals surface area contributed by atoms with Crippen LogP contribution in [0.15, 0.2) is 30.3 Å². The van der Waals surface area contributed by atoms with E-state index in [1.807, 2.05) is 37.3 Å². The van der Waals surface area contributed by atoms with Crippen molar-refractivity contribution in [2.75, 3.05) is 11.5 Å². The number of benzene rings is 1. The minimum Gasteiger partial charge on any atom is -0.461 e. The molecule has 0 saturated heterocycles. The van der Waals surface area contributed by atoms with Gasteiger partial charge in [0.05, 0.1) is 12.0 Å². The fourth-order valence-corrected chi connectivity index (χ4v) is 6.42. The average molecular weight is 363 g/mol. The Bertz CT molecular complexity index is 600. The molecule has 4 atom stereocenters. The summed E-state index contributed by atoms with van der Waals surface area (Å²) in [6.07, 6.45) is 3.11. The zero-order valence-corrected chi connectivity index (χ0v) is 16.3. The second-order valence-electron chi connectivity index (χ2n) is 8.37. The lowest BCUT2D eigenvalue weighted by Crippen LogP contribution is -2.41. The van der Waals surface area contributed by atoms with E-state index in [0.717, 1.165) is 29.9 Å². The molecule has 0 amide bonds. The van der Waals surface area contributed by atoms with Crippen molar-refractivity contribution in [1.82, 2.24) is 0 Å². The first-order valence-electron chi connectivity index (χ1n) is 9.33. The minimum absolute atomic E-state index is 0.0238. The summed E-state index contributed by atoms with van der Waals surface area (Å²) in [5.74, 6) is 2.08. The van der Waals surface area contributed by atoms with Gasteiger partial charge in [-0.25, -0.2) is 0 Å². The Morgan fingerprint density at radius 3 is 2.68 bits per heavy atom. The zero-order valence-electron chi connectivity index (χ0n) is 15.5. The van der Waals surface area contributed by atoms with Gasteiger partial charge in [0.15, 0.2) is 0 Å². The van der Waals surface area contributed by atoms with Crippen molar-refractivity contribution in [3.63, 3.8) is 0 Å². The van der Waals surface area contributed by atoms with Crippen LogP contribution in [0, 0.1) is 22.7 Å². The molecular weight excluding hydrogens is 332 g/mol. The molecule has 0 spiro atoms. The Balaban J connectivity index is 1.46. The van der Waals surface area contributed by atoms with E-state index in [1.165, 1.54) is 6.42 Å². The van der Waals surface area contributed by atoms with Crippen molar-refractivity contribution < 1.29 is 14.6 Å². The van der Waals surface area contributed by atoms with Crippen LogP contribution < -0.4 is 0 Å². The number of aliphatic hydroxyl groups is 1. The van der Waals surface area contributed by atoms with E-state index >= 15 is 0 Å². The molecule has 3 nitrogen and oxygen atoms in total. The molecule has 1 N–H and O–H groups in total. The third-order valence-electron chi connectivity index (χ3n) is 6.74. The smallest absolute Gasteiger partial charge is 0.309 e. The number of esters is 1. The van der Waals surface area contributed by atoms with Gasteiger partial charge in [-0.2, -0.15) is 11.8 Å². The van der Waals surface area contributed by atoms with Gasteiger partial charge < -0.3 is 9.84 Å². The number of ether oxygens (including phenoxy) is 1. The Labute approximate surface area is 155 Å². The standard InChI is InChI=1S/C21H30O3S/c1-15(19(23)24-12-16-7-5-4-6-8-16)13-25-14-21-10-9-17(11-18(21)22)20(21,2)3/h4-8,15,17-18,22H,9-14H2,1-3H3/t15-,17+,18+,21+/m0/s1. The molecule has 2 fully saturated rings. The van der Waals surface area contributed by atoms with Gasteiger partial charge in [0.25, 0.3) is 0 Å². The molecule has 0 aromatic heterocycles. The highest BCUT2D eigenvalue weighted by atomic mass is 32.2. The Morgan fingerprint density at radius 1 is 1.36 bits per heavy atom. The highest BCUT2D eigenvalue weighted by Crippen LogP contribution is 2.66. The number of carbonyl (C=O) groups is 1. The molecule has 2 aliphatic rings. The van der Waals surface area contributed by atoms with Gasteiger partial charge in [-0.15, -0.1) is 0 Å². The molecule has 138 valence electrons. The van der Waals surface area contributed by atoms with Gasteiger partial charge in [0.1, 0.15) is 6.61 Å². The lowest BCUT2D eigenvalue weighted by Gasteiger charge is -2.40. The maximum Gasteiger partial charge on any atom is 0.309 e. The molecule has 1 aromatic carbocycles. The monoisotopic (exact) mass is 362 g/mol. The van der Waals surface area contributed by atoms with Crippen LogP contribution in [0.25, 0.3) is 0 Å². The molecule has 0 heterocycles. The predicted octanol–water partition coefficient (Wildman–Crippen LogP) is 4.29. The zero-order chi connectivity index (χ0) is 18.1.